The Morgan fingerprint density at radius 3 is 0.987 bits per heavy atom. The summed E-state index contributed by atoms with van der Waals surface area (Å²) in [5.41, 5.74) is 44.2. The number of benzene rings is 4. The number of morpholine rings is 1. The van der Waals surface area contributed by atoms with E-state index in [0.29, 0.717) is 129 Å². The first-order valence-corrected chi connectivity index (χ1v) is 47.1. The van der Waals surface area contributed by atoms with Crippen molar-refractivity contribution in [1.29, 1.82) is 0 Å². The molecule has 0 aliphatic carbocycles. The lowest BCUT2D eigenvalue weighted by molar-refractivity contribution is -0.127. The predicted molar refractivity (Wildman–Crippen MR) is 560 cm³/mol. The van der Waals surface area contributed by atoms with E-state index in [4.69, 9.17) is 82.8 Å². The maximum atomic E-state index is 12.8. The summed E-state index contributed by atoms with van der Waals surface area (Å²) in [4.78, 5) is 149. The van der Waals surface area contributed by atoms with Gasteiger partial charge in [-0.2, -0.15) is 0 Å². The van der Waals surface area contributed by atoms with Gasteiger partial charge in [0.2, 0.25) is 41.4 Å². The molecule has 10 heterocycles. The molecule has 0 saturated carbocycles. The Kier molecular flexibility index (Phi) is 46.3. The highest BCUT2D eigenvalue weighted by atomic mass is 16.6. The lowest BCUT2D eigenvalue weighted by Gasteiger charge is -2.26. The fourth-order valence-electron chi connectivity index (χ4n) is 14.9. The maximum absolute atomic E-state index is 12.8. The van der Waals surface area contributed by atoms with Crippen LogP contribution in [0.3, 0.4) is 0 Å². The highest BCUT2D eigenvalue weighted by Gasteiger charge is 2.37. The van der Waals surface area contributed by atoms with Crippen LogP contribution >= 0.6 is 0 Å². The molecule has 0 unspecified atom stereocenters. The molecule has 2 aliphatic rings. The van der Waals surface area contributed by atoms with Crippen LogP contribution in [0.5, 0.6) is 0 Å². The second-order valence-electron chi connectivity index (χ2n) is 37.0. The zero-order valence-corrected chi connectivity index (χ0v) is 83.3. The van der Waals surface area contributed by atoms with Crippen LogP contribution in [-0.4, -0.2) is 248 Å². The number of aromatic nitrogens is 10. The van der Waals surface area contributed by atoms with Crippen molar-refractivity contribution in [3.63, 3.8) is 0 Å². The Morgan fingerprint density at radius 2 is 0.673 bits per heavy atom. The van der Waals surface area contributed by atoms with Crippen molar-refractivity contribution in [1.82, 2.24) is 88.8 Å². The van der Waals surface area contributed by atoms with Crippen LogP contribution in [0, 0.1) is 0 Å². The minimum atomic E-state index is -1.14. The highest BCUT2D eigenvalue weighted by molar-refractivity contribution is 5.88. The van der Waals surface area contributed by atoms with Crippen molar-refractivity contribution >= 4 is 88.1 Å². The Balaban J connectivity index is 0.000000268. The van der Waals surface area contributed by atoms with Gasteiger partial charge in [-0.05, 0) is 139 Å². The third-order valence-corrected chi connectivity index (χ3v) is 22.6. The quantitative estimate of drug-likeness (QED) is 0.0159. The standard InChI is InChI=1S/C27H34N6O5.2C25H32N6O5.C24H31N7O5.4CH4/c1-27(2,29)25(35)31-21(17-37-15-18-8-4-3-5-9-18)24-30-14-19-10-6-11-20(33(19)24)16-38-26(36)32-13-7-12-22(32)23(28)34;1-25(2,26)23(32)27-20(17-35-15-18-7-4-3-5-8-18)22-29-28-21-10-6-9-19(31(21)22)16-36-24(33)30-11-13-34-14-12-30;1-25(2,27)23(33)29-20(16-35-14-17-8-5-4-6-9-17)22-28-12-18-10-7-11-19(31(18)22)15-36-24(34)30(3)13-21(26)32;1-24(2,26)22(33)27-18(15-35-13-16-8-5-4-6-9-16)21-29-28-20-11-7-10-17(31(20)21)14-36-23(34)30(3)12-19(25)32;;;;/h3-6,8-11,14,21-22H,7,12-13,15-17,29H2,1-2H3,(H2,28,34)(H,31,35);3-10,20H,11-17,26H2,1-2H3,(H,27,32);4-12,20H,13-16,27H2,1-3H3,(H2,26,32)(H,29,33);4-11,18H,12-15,26H2,1-3H3,(H2,25,32)(H,27,33);4*1H4/t21-,22-;2*20-;18-;;;;/m1111..../s1. The highest BCUT2D eigenvalue weighted by Crippen LogP contribution is 2.28. The van der Waals surface area contributed by atoms with Crippen molar-refractivity contribution < 1.29 is 95.4 Å². The van der Waals surface area contributed by atoms with Crippen molar-refractivity contribution in [2.75, 3.05) is 86.5 Å². The maximum Gasteiger partial charge on any atom is 0.410 e. The summed E-state index contributed by atoms with van der Waals surface area (Å²) in [6, 6.07) is 57.0. The predicted octanol–water partition coefficient (Wildman–Crippen LogP) is 8.78. The number of amides is 11. The number of likely N-dealkylation sites (N-methyl/N-ethyl adjacent to an activating group) is 2. The molecule has 2 saturated heterocycles. The summed E-state index contributed by atoms with van der Waals surface area (Å²) >= 11 is 0. The topological polar surface area (TPSA) is 609 Å². The average Bonchev–Trinajstić information content (AvgIpc) is 1.65. The number of nitrogens with zero attached hydrogens (tertiary/aromatic N) is 14. The molecule has 2 fully saturated rings. The second-order valence-corrected chi connectivity index (χ2v) is 37.0. The molecule has 2 aliphatic heterocycles. The lowest BCUT2D eigenvalue weighted by Crippen LogP contribution is -2.51. The van der Waals surface area contributed by atoms with Crippen LogP contribution in [-0.2, 0) is 129 Å². The van der Waals surface area contributed by atoms with Crippen LogP contribution in [0.25, 0.3) is 22.3 Å². The largest absolute Gasteiger partial charge is 0.443 e. The molecular weight excluding hydrogens is 1930 g/mol. The Bertz CT molecular complexity index is 6210. The number of likely N-dealkylation sites (tertiary alicyclic amines) is 1. The third-order valence-electron chi connectivity index (χ3n) is 22.6. The second kappa shape index (κ2) is 57.2. The molecule has 150 heavy (non-hydrogen) atoms. The molecular formula is C105H145N25O20. The van der Waals surface area contributed by atoms with Crippen LogP contribution < -0.4 is 61.4 Å². The molecule has 0 spiro atoms. The van der Waals surface area contributed by atoms with E-state index in [1.165, 1.54) is 19.0 Å². The van der Waals surface area contributed by atoms with Gasteiger partial charge in [0, 0.05) is 33.7 Å². The molecule has 5 atom stereocenters. The van der Waals surface area contributed by atoms with Gasteiger partial charge in [-0.1, -0.05) is 175 Å². The van der Waals surface area contributed by atoms with Gasteiger partial charge < -0.3 is 119 Å². The van der Waals surface area contributed by atoms with E-state index >= 15 is 0 Å². The Hall–Kier alpha value is -15.5. The first-order chi connectivity index (χ1) is 69.6. The van der Waals surface area contributed by atoms with E-state index in [-0.39, 0.29) is 113 Å². The first kappa shape index (κ1) is 121. The summed E-state index contributed by atoms with van der Waals surface area (Å²) in [7, 11) is 2.82. The number of fused-ring (bicyclic) bond motifs is 4. The van der Waals surface area contributed by atoms with Gasteiger partial charge in [0.15, 0.2) is 22.9 Å². The molecule has 8 aromatic heterocycles. The minimum absolute atomic E-state index is 0. The SMILES string of the molecule is C.C.C.C.CC(C)(N)C(=O)N[C@H](COCc1ccccc1)c1ncc2cccc(COC(=O)N3CCC[C@@H]3C(N)=O)n12.CC(C)(N)C(=O)N[C@H](COCc1ccccc1)c1nnc2cccc(COC(=O)N3CCOCC3)n12.CN(CC(N)=O)C(=O)OCc1cccc2cnc([C@@H](COCc3ccccc3)NC(=O)C(C)(C)N)n12.CN(CC(N)=O)C(=O)OCc1cccc2nnc([C@@H](COCc3ccccc3)NC(=O)C(C)(C)N)n12. The van der Waals surface area contributed by atoms with E-state index in [1.54, 1.807) is 128 Å². The van der Waals surface area contributed by atoms with Crippen LogP contribution in [0.2, 0.25) is 0 Å². The van der Waals surface area contributed by atoms with E-state index in [0.717, 1.165) is 43.1 Å². The van der Waals surface area contributed by atoms with Gasteiger partial charge in [-0.15, -0.1) is 20.4 Å². The summed E-state index contributed by atoms with van der Waals surface area (Å²) < 4.78 is 58.0. The van der Waals surface area contributed by atoms with Gasteiger partial charge in [-0.25, -0.2) is 29.1 Å². The molecule has 0 bridgehead atoms. The molecule has 810 valence electrons. The van der Waals surface area contributed by atoms with E-state index in [1.807, 2.05) is 156 Å². The van der Waals surface area contributed by atoms with Gasteiger partial charge in [0.1, 0.15) is 81.4 Å². The molecule has 45 nitrogen and oxygen atoms in total. The number of nitrogens with one attached hydrogen (secondary N) is 4. The third kappa shape index (κ3) is 35.4. The van der Waals surface area contributed by atoms with Crippen LogP contribution in [0.1, 0.15) is 190 Å². The number of carbonyl (C=O) groups is 11. The molecule has 11 amide bonds. The number of nitrogens with two attached hydrogens (primary N) is 7. The minimum Gasteiger partial charge on any atom is -0.443 e. The first-order valence-electron chi connectivity index (χ1n) is 47.1. The fourth-order valence-corrected chi connectivity index (χ4v) is 14.9. The molecule has 45 heteroatoms. The Labute approximate surface area is 872 Å². The molecule has 14 rings (SSSR count). The number of ether oxygens (including phenoxy) is 9. The number of hydrogen-bond donors (Lipinski definition) is 11. The van der Waals surface area contributed by atoms with Crippen LogP contribution in [0.4, 0.5) is 19.2 Å². The number of carbonyl (C=O) groups excluding carboxylic acids is 11. The van der Waals surface area contributed by atoms with Gasteiger partial charge in [0.05, 0.1) is 134 Å². The van der Waals surface area contributed by atoms with Crippen molar-refractivity contribution in [2.24, 2.45) is 40.1 Å². The van der Waals surface area contributed by atoms with E-state index < -0.39 is 100 Å². The average molecular weight is 2080 g/mol. The van der Waals surface area contributed by atoms with Crippen molar-refractivity contribution in [3.8, 4) is 0 Å². The molecule has 12 aromatic rings. The number of hydrogen-bond acceptors (Lipinski definition) is 30. The molecule has 0 radical (unpaired) electrons. The monoisotopic (exact) mass is 2080 g/mol. The fraction of sp³-hybridized carbons (Fsp3) is 0.419. The molecule has 18 N–H and O–H groups in total. The van der Waals surface area contributed by atoms with Crippen molar-refractivity contribution in [3.05, 3.63) is 275 Å². The van der Waals surface area contributed by atoms with Gasteiger partial charge in [-0.3, -0.25) is 56.1 Å². The number of primary amides is 3. The van der Waals surface area contributed by atoms with Crippen molar-refractivity contribution in [2.45, 2.75) is 203 Å². The van der Waals surface area contributed by atoms with Gasteiger partial charge in [0.25, 0.3) is 0 Å². The normalized spacial score (nSPS) is 13.6. The Morgan fingerprint density at radius 1 is 0.373 bits per heavy atom. The summed E-state index contributed by atoms with van der Waals surface area (Å²) in [6.45, 7) is 16.3. The van der Waals surface area contributed by atoms with Crippen LogP contribution in [0.15, 0.2) is 207 Å². The zero-order chi connectivity index (χ0) is 105. The summed E-state index contributed by atoms with van der Waals surface area (Å²) in [5.74, 6) is -1.51. The lowest BCUT2D eigenvalue weighted by atomic mass is 10.1. The number of imidazole rings is 2. The molecule has 4 aromatic carbocycles. The number of pyridine rings is 4. The van der Waals surface area contributed by atoms with E-state index in [9.17, 15) is 52.7 Å². The number of rotatable bonds is 41. The summed E-state index contributed by atoms with van der Waals surface area (Å²) in [6.07, 6.45) is 2.10. The van der Waals surface area contributed by atoms with E-state index in [2.05, 4.69) is 51.6 Å². The van der Waals surface area contributed by atoms with Gasteiger partial charge >= 0.3 is 24.4 Å². The summed E-state index contributed by atoms with van der Waals surface area (Å²) in [5, 5.41) is 28.8. The zero-order valence-electron chi connectivity index (χ0n) is 83.3. The smallest absolute Gasteiger partial charge is 0.410 e.